The van der Waals surface area contributed by atoms with E-state index in [1.54, 1.807) is 18.2 Å². The lowest BCUT2D eigenvalue weighted by Gasteiger charge is -2.07. The molecular weight excluding hydrogens is 299 g/mol. The van der Waals surface area contributed by atoms with Crippen LogP contribution in [0.2, 0.25) is 10.0 Å². The summed E-state index contributed by atoms with van der Waals surface area (Å²) < 4.78 is 0. The van der Waals surface area contributed by atoms with Crippen LogP contribution in [0.1, 0.15) is 11.1 Å². The molecule has 1 N–H and O–H groups in total. The van der Waals surface area contributed by atoms with Crippen LogP contribution in [0.5, 0.6) is 0 Å². The summed E-state index contributed by atoms with van der Waals surface area (Å²) in [5, 5.41) is 14.9. The molecule has 20 heavy (non-hydrogen) atoms. The summed E-state index contributed by atoms with van der Waals surface area (Å²) in [6.07, 6.45) is 0. The zero-order chi connectivity index (χ0) is 14.5. The molecule has 6 heteroatoms. The van der Waals surface area contributed by atoms with Crippen molar-refractivity contribution in [1.82, 2.24) is 5.32 Å². The summed E-state index contributed by atoms with van der Waals surface area (Å²) in [5.74, 6) is 0. The van der Waals surface area contributed by atoms with Crippen molar-refractivity contribution in [2.75, 3.05) is 0 Å². The first-order chi connectivity index (χ1) is 9.58. The quantitative estimate of drug-likeness (QED) is 0.665. The fraction of sp³-hybridized carbons (Fsp3) is 0.143. The van der Waals surface area contributed by atoms with Gasteiger partial charge in [-0.15, -0.1) is 0 Å². The standard InChI is InChI=1S/C14H12Cl2N2O2/c15-13-6-2-4-11(14(13)16)9-17-8-10-3-1-5-12(7-10)18(19)20/h1-7,17H,8-9H2. The van der Waals surface area contributed by atoms with Gasteiger partial charge in [-0.2, -0.15) is 0 Å². The Hall–Kier alpha value is -1.62. The van der Waals surface area contributed by atoms with Gasteiger partial charge in [0.2, 0.25) is 0 Å². The average Bonchev–Trinajstić information content (AvgIpc) is 2.44. The molecule has 0 bridgehead atoms. The minimum Gasteiger partial charge on any atom is -0.309 e. The van der Waals surface area contributed by atoms with Crippen LogP contribution in [0.15, 0.2) is 42.5 Å². The molecule has 0 saturated carbocycles. The number of benzene rings is 2. The Bertz CT molecular complexity index is 632. The third-order valence-corrected chi connectivity index (χ3v) is 3.66. The van der Waals surface area contributed by atoms with Crippen LogP contribution in [0.4, 0.5) is 5.69 Å². The highest BCUT2D eigenvalue weighted by Gasteiger charge is 2.06. The van der Waals surface area contributed by atoms with Crippen LogP contribution >= 0.6 is 23.2 Å². The normalized spacial score (nSPS) is 10.5. The van der Waals surface area contributed by atoms with Crippen molar-refractivity contribution in [1.29, 1.82) is 0 Å². The van der Waals surface area contributed by atoms with Gasteiger partial charge in [0.15, 0.2) is 0 Å². The Morgan fingerprint density at radius 1 is 1.10 bits per heavy atom. The van der Waals surface area contributed by atoms with E-state index >= 15 is 0 Å². The maximum Gasteiger partial charge on any atom is 0.269 e. The van der Waals surface area contributed by atoms with Gasteiger partial charge in [0, 0.05) is 25.2 Å². The fourth-order valence-electron chi connectivity index (χ4n) is 1.81. The number of halogens is 2. The second-order valence-corrected chi connectivity index (χ2v) is 5.03. The van der Waals surface area contributed by atoms with Crippen molar-refractivity contribution in [3.8, 4) is 0 Å². The number of nitrogens with one attached hydrogen (secondary N) is 1. The van der Waals surface area contributed by atoms with E-state index in [2.05, 4.69) is 5.32 Å². The third kappa shape index (κ3) is 3.70. The molecule has 4 nitrogen and oxygen atoms in total. The smallest absolute Gasteiger partial charge is 0.269 e. The summed E-state index contributed by atoms with van der Waals surface area (Å²) in [6, 6.07) is 12.0. The molecule has 2 aromatic carbocycles. The van der Waals surface area contributed by atoms with Gasteiger partial charge in [-0.1, -0.05) is 47.5 Å². The summed E-state index contributed by atoms with van der Waals surface area (Å²) >= 11 is 12.0. The topological polar surface area (TPSA) is 55.2 Å². The lowest BCUT2D eigenvalue weighted by atomic mass is 10.2. The number of nitro benzene ring substituents is 1. The molecule has 0 spiro atoms. The Morgan fingerprint density at radius 2 is 1.85 bits per heavy atom. The zero-order valence-corrected chi connectivity index (χ0v) is 12.0. The second-order valence-electron chi connectivity index (χ2n) is 4.24. The number of nitrogens with zero attached hydrogens (tertiary/aromatic N) is 1. The summed E-state index contributed by atoms with van der Waals surface area (Å²) in [5.41, 5.74) is 1.83. The van der Waals surface area contributed by atoms with Crippen molar-refractivity contribution in [2.45, 2.75) is 13.1 Å². The SMILES string of the molecule is O=[N+]([O-])c1cccc(CNCc2cccc(Cl)c2Cl)c1. The van der Waals surface area contributed by atoms with Gasteiger partial charge in [-0.05, 0) is 17.2 Å². The first-order valence-electron chi connectivity index (χ1n) is 5.95. The first-order valence-corrected chi connectivity index (χ1v) is 6.70. The highest BCUT2D eigenvalue weighted by Crippen LogP contribution is 2.25. The van der Waals surface area contributed by atoms with Crippen LogP contribution < -0.4 is 5.32 Å². The molecule has 2 aromatic rings. The van der Waals surface area contributed by atoms with E-state index in [-0.39, 0.29) is 5.69 Å². The van der Waals surface area contributed by atoms with Crippen LogP contribution in [0.3, 0.4) is 0 Å². The van der Waals surface area contributed by atoms with Crippen molar-refractivity contribution in [3.05, 3.63) is 73.8 Å². The lowest BCUT2D eigenvalue weighted by molar-refractivity contribution is -0.384. The Kier molecular flexibility index (Phi) is 4.95. The maximum atomic E-state index is 10.7. The van der Waals surface area contributed by atoms with Crippen LogP contribution in [0, 0.1) is 10.1 Å². The first kappa shape index (κ1) is 14.8. The van der Waals surface area contributed by atoms with E-state index in [9.17, 15) is 10.1 Å². The van der Waals surface area contributed by atoms with E-state index in [0.29, 0.717) is 23.1 Å². The minimum absolute atomic E-state index is 0.0880. The molecule has 0 unspecified atom stereocenters. The molecule has 0 amide bonds. The summed E-state index contributed by atoms with van der Waals surface area (Å²) in [6.45, 7) is 1.06. The van der Waals surface area contributed by atoms with Gasteiger partial charge >= 0.3 is 0 Å². The number of hydrogen-bond acceptors (Lipinski definition) is 3. The molecule has 0 aliphatic heterocycles. The van der Waals surface area contributed by atoms with Crippen molar-refractivity contribution in [3.63, 3.8) is 0 Å². The molecule has 0 aliphatic rings. The molecule has 2 rings (SSSR count). The molecule has 104 valence electrons. The Labute approximate surface area is 126 Å². The minimum atomic E-state index is -0.405. The summed E-state index contributed by atoms with van der Waals surface area (Å²) in [4.78, 5) is 10.3. The van der Waals surface area contributed by atoms with Gasteiger partial charge in [-0.3, -0.25) is 10.1 Å². The number of nitro groups is 1. The van der Waals surface area contributed by atoms with Gasteiger partial charge < -0.3 is 5.32 Å². The van der Waals surface area contributed by atoms with E-state index in [4.69, 9.17) is 23.2 Å². The van der Waals surface area contributed by atoms with Gasteiger partial charge in [0.25, 0.3) is 5.69 Å². The largest absolute Gasteiger partial charge is 0.309 e. The predicted octanol–water partition coefficient (Wildman–Crippen LogP) is 4.19. The maximum absolute atomic E-state index is 10.7. The number of rotatable bonds is 5. The molecule has 0 heterocycles. The lowest BCUT2D eigenvalue weighted by Crippen LogP contribution is -2.13. The molecule has 0 fully saturated rings. The highest BCUT2D eigenvalue weighted by atomic mass is 35.5. The van der Waals surface area contributed by atoms with Crippen molar-refractivity contribution < 1.29 is 4.92 Å². The van der Waals surface area contributed by atoms with Gasteiger partial charge in [0.1, 0.15) is 0 Å². The van der Waals surface area contributed by atoms with E-state index in [1.165, 1.54) is 6.07 Å². The zero-order valence-electron chi connectivity index (χ0n) is 10.5. The van der Waals surface area contributed by atoms with Crippen molar-refractivity contribution in [2.24, 2.45) is 0 Å². The Balaban J connectivity index is 1.98. The van der Waals surface area contributed by atoms with E-state index < -0.39 is 4.92 Å². The fourth-order valence-corrected chi connectivity index (χ4v) is 2.19. The van der Waals surface area contributed by atoms with E-state index in [1.807, 2.05) is 18.2 Å². The van der Waals surface area contributed by atoms with Crippen molar-refractivity contribution >= 4 is 28.9 Å². The molecular formula is C14H12Cl2N2O2. The molecule has 0 saturated heterocycles. The molecule has 0 radical (unpaired) electrons. The van der Waals surface area contributed by atoms with Crippen LogP contribution in [-0.4, -0.2) is 4.92 Å². The second kappa shape index (κ2) is 6.70. The predicted molar refractivity (Wildman–Crippen MR) is 80.1 cm³/mol. The van der Waals surface area contributed by atoms with Gasteiger partial charge in [0.05, 0.1) is 15.0 Å². The molecule has 0 aliphatic carbocycles. The van der Waals surface area contributed by atoms with Gasteiger partial charge in [-0.25, -0.2) is 0 Å². The number of non-ortho nitro benzene ring substituents is 1. The Morgan fingerprint density at radius 3 is 2.60 bits per heavy atom. The van der Waals surface area contributed by atoms with Crippen LogP contribution in [0.25, 0.3) is 0 Å². The molecule has 0 atom stereocenters. The highest BCUT2D eigenvalue weighted by molar-refractivity contribution is 6.42. The monoisotopic (exact) mass is 310 g/mol. The molecule has 0 aromatic heterocycles. The third-order valence-electron chi connectivity index (χ3n) is 2.80. The number of hydrogen-bond donors (Lipinski definition) is 1. The summed E-state index contributed by atoms with van der Waals surface area (Å²) in [7, 11) is 0. The van der Waals surface area contributed by atoms with E-state index in [0.717, 1.165) is 11.1 Å². The van der Waals surface area contributed by atoms with Crippen LogP contribution in [-0.2, 0) is 13.1 Å². The average molecular weight is 311 g/mol.